The van der Waals surface area contributed by atoms with Crippen molar-refractivity contribution in [3.63, 3.8) is 0 Å². The summed E-state index contributed by atoms with van der Waals surface area (Å²) in [4.78, 5) is 19.0. The molecule has 1 aromatic carbocycles. The van der Waals surface area contributed by atoms with Gasteiger partial charge in [-0.3, -0.25) is 4.79 Å². The summed E-state index contributed by atoms with van der Waals surface area (Å²) in [6.45, 7) is 4.30. The van der Waals surface area contributed by atoms with Crippen molar-refractivity contribution in [1.29, 1.82) is 0 Å². The fourth-order valence-corrected chi connectivity index (χ4v) is 3.61. The minimum absolute atomic E-state index is 0.0731. The summed E-state index contributed by atoms with van der Waals surface area (Å²) < 4.78 is 7.48. The number of carbonyl (C=O) groups excluding carboxylic acids is 1. The van der Waals surface area contributed by atoms with E-state index < -0.39 is 0 Å². The van der Waals surface area contributed by atoms with E-state index in [4.69, 9.17) is 4.74 Å². The summed E-state index contributed by atoms with van der Waals surface area (Å²) in [5.74, 6) is 1.66. The number of aromatic nitrogens is 3. The van der Waals surface area contributed by atoms with Gasteiger partial charge >= 0.3 is 0 Å². The molecule has 3 heterocycles. The highest BCUT2D eigenvalue weighted by Gasteiger charge is 2.41. The number of nitrogens with zero attached hydrogens (tertiary/aromatic N) is 4. The first-order valence-electron chi connectivity index (χ1n) is 8.48. The van der Waals surface area contributed by atoms with E-state index in [1.807, 2.05) is 43.1 Å². The van der Waals surface area contributed by atoms with Crippen molar-refractivity contribution in [3.05, 3.63) is 35.7 Å². The quantitative estimate of drug-likeness (QED) is 0.849. The zero-order valence-corrected chi connectivity index (χ0v) is 14.2. The van der Waals surface area contributed by atoms with E-state index in [-0.39, 0.29) is 11.5 Å². The van der Waals surface area contributed by atoms with Crippen molar-refractivity contribution in [2.75, 3.05) is 19.7 Å². The van der Waals surface area contributed by atoms with Crippen LogP contribution < -0.4 is 0 Å². The van der Waals surface area contributed by atoms with Gasteiger partial charge in [-0.05, 0) is 38.3 Å². The highest BCUT2D eigenvalue weighted by molar-refractivity contribution is 5.94. The Morgan fingerprint density at radius 3 is 2.33 bits per heavy atom. The molecule has 2 aliphatic heterocycles. The molecule has 0 atom stereocenters. The van der Waals surface area contributed by atoms with Crippen LogP contribution in [0, 0.1) is 6.92 Å². The number of aryl methyl sites for hydroxylation is 2. The first-order valence-corrected chi connectivity index (χ1v) is 8.48. The topological polar surface area (TPSA) is 60.3 Å². The third kappa shape index (κ3) is 2.60. The Morgan fingerprint density at radius 1 is 1.17 bits per heavy atom. The number of piperidine rings is 1. The second-order valence-corrected chi connectivity index (χ2v) is 6.76. The van der Waals surface area contributed by atoms with Gasteiger partial charge in [0.1, 0.15) is 5.82 Å². The number of rotatable bonds is 2. The standard InChI is InChI=1S/C18H22N4O2/c1-13-19-16(21(2)20-13)14-3-5-15(6-4-14)17(23)22-10-7-18(8-11-22)9-12-24-18/h3-6H,7-12H2,1-2H3. The van der Waals surface area contributed by atoms with Crippen LogP contribution in [0.25, 0.3) is 11.4 Å². The average Bonchev–Trinajstić information content (AvgIpc) is 2.91. The summed E-state index contributed by atoms with van der Waals surface area (Å²) in [6.07, 6.45) is 3.05. The smallest absolute Gasteiger partial charge is 0.253 e. The molecule has 4 rings (SSSR count). The van der Waals surface area contributed by atoms with E-state index >= 15 is 0 Å². The second kappa shape index (κ2) is 5.70. The maximum Gasteiger partial charge on any atom is 0.253 e. The molecule has 2 aromatic rings. The van der Waals surface area contributed by atoms with Gasteiger partial charge in [0.25, 0.3) is 5.91 Å². The summed E-state index contributed by atoms with van der Waals surface area (Å²) >= 11 is 0. The molecular weight excluding hydrogens is 304 g/mol. The minimum atomic E-state index is 0.0731. The van der Waals surface area contributed by atoms with Crippen LogP contribution in [0.5, 0.6) is 0 Å². The number of benzene rings is 1. The van der Waals surface area contributed by atoms with Gasteiger partial charge in [-0.2, -0.15) is 5.10 Å². The minimum Gasteiger partial charge on any atom is -0.375 e. The van der Waals surface area contributed by atoms with Crippen LogP contribution in [0.15, 0.2) is 24.3 Å². The average molecular weight is 326 g/mol. The number of amides is 1. The van der Waals surface area contributed by atoms with Gasteiger partial charge in [-0.25, -0.2) is 9.67 Å². The Morgan fingerprint density at radius 2 is 1.83 bits per heavy atom. The summed E-state index contributed by atoms with van der Waals surface area (Å²) in [7, 11) is 1.88. The molecule has 2 aliphatic rings. The fraction of sp³-hybridized carbons (Fsp3) is 0.500. The summed E-state index contributed by atoms with van der Waals surface area (Å²) in [5, 5.41) is 4.26. The maximum atomic E-state index is 12.7. The van der Waals surface area contributed by atoms with E-state index in [0.29, 0.717) is 0 Å². The Hall–Kier alpha value is -2.21. The molecule has 0 radical (unpaired) electrons. The lowest BCUT2D eigenvalue weighted by Gasteiger charge is -2.47. The molecule has 126 valence electrons. The Labute approximate surface area is 141 Å². The molecule has 1 spiro atoms. The predicted octanol–water partition coefficient (Wildman–Crippen LogP) is 2.19. The highest BCUT2D eigenvalue weighted by atomic mass is 16.5. The van der Waals surface area contributed by atoms with Gasteiger partial charge < -0.3 is 9.64 Å². The largest absolute Gasteiger partial charge is 0.375 e. The van der Waals surface area contributed by atoms with Gasteiger partial charge in [0.05, 0.1) is 12.2 Å². The van der Waals surface area contributed by atoms with Gasteiger partial charge in [-0.15, -0.1) is 0 Å². The van der Waals surface area contributed by atoms with E-state index in [0.717, 1.165) is 61.7 Å². The Kier molecular flexibility index (Phi) is 3.64. The fourth-order valence-electron chi connectivity index (χ4n) is 3.61. The third-order valence-electron chi connectivity index (χ3n) is 5.19. The molecule has 0 saturated carbocycles. The molecule has 0 N–H and O–H groups in total. The van der Waals surface area contributed by atoms with E-state index in [1.54, 1.807) is 4.68 Å². The van der Waals surface area contributed by atoms with Gasteiger partial charge in [0, 0.05) is 31.3 Å². The molecule has 0 unspecified atom stereocenters. The number of likely N-dealkylation sites (tertiary alicyclic amines) is 1. The second-order valence-electron chi connectivity index (χ2n) is 6.76. The normalized spacial score (nSPS) is 19.3. The molecule has 24 heavy (non-hydrogen) atoms. The van der Waals surface area contributed by atoms with Crippen molar-refractivity contribution in [1.82, 2.24) is 19.7 Å². The van der Waals surface area contributed by atoms with Crippen molar-refractivity contribution in [2.45, 2.75) is 31.8 Å². The Bertz CT molecular complexity index is 752. The zero-order valence-electron chi connectivity index (χ0n) is 14.2. The van der Waals surface area contributed by atoms with Crippen LogP contribution >= 0.6 is 0 Å². The molecule has 0 aliphatic carbocycles. The zero-order chi connectivity index (χ0) is 16.7. The monoisotopic (exact) mass is 326 g/mol. The van der Waals surface area contributed by atoms with Crippen molar-refractivity contribution < 1.29 is 9.53 Å². The van der Waals surface area contributed by atoms with Crippen molar-refractivity contribution in [2.24, 2.45) is 7.05 Å². The van der Waals surface area contributed by atoms with Crippen LogP contribution in [-0.2, 0) is 11.8 Å². The molecule has 6 nitrogen and oxygen atoms in total. The van der Waals surface area contributed by atoms with Crippen LogP contribution in [0.1, 0.15) is 35.4 Å². The number of carbonyl (C=O) groups is 1. The first-order chi connectivity index (χ1) is 11.6. The van der Waals surface area contributed by atoms with Gasteiger partial charge in [-0.1, -0.05) is 12.1 Å². The molecule has 2 saturated heterocycles. The van der Waals surface area contributed by atoms with Gasteiger partial charge in [0.2, 0.25) is 0 Å². The third-order valence-corrected chi connectivity index (χ3v) is 5.19. The van der Waals surface area contributed by atoms with Crippen molar-refractivity contribution >= 4 is 5.91 Å². The van der Waals surface area contributed by atoms with E-state index in [9.17, 15) is 4.79 Å². The molecule has 6 heteroatoms. The Balaban J connectivity index is 1.46. The van der Waals surface area contributed by atoms with Crippen LogP contribution in [-0.4, -0.2) is 50.9 Å². The predicted molar refractivity (Wildman–Crippen MR) is 89.6 cm³/mol. The van der Waals surface area contributed by atoms with E-state index in [2.05, 4.69) is 10.1 Å². The van der Waals surface area contributed by atoms with E-state index in [1.165, 1.54) is 0 Å². The van der Waals surface area contributed by atoms with Crippen molar-refractivity contribution in [3.8, 4) is 11.4 Å². The van der Waals surface area contributed by atoms with Crippen LogP contribution in [0.4, 0.5) is 0 Å². The molecule has 1 aromatic heterocycles. The highest BCUT2D eigenvalue weighted by Crippen LogP contribution is 2.37. The molecule has 0 bridgehead atoms. The summed E-state index contributed by atoms with van der Waals surface area (Å²) in [5.41, 5.74) is 1.77. The van der Waals surface area contributed by atoms with Crippen LogP contribution in [0.2, 0.25) is 0 Å². The number of hydrogen-bond acceptors (Lipinski definition) is 4. The lowest BCUT2D eigenvalue weighted by Crippen LogP contribution is -2.53. The lowest BCUT2D eigenvalue weighted by atomic mass is 9.84. The first kappa shape index (κ1) is 15.3. The molecule has 2 fully saturated rings. The SMILES string of the molecule is Cc1nc(-c2ccc(C(=O)N3CCC4(CCO4)CC3)cc2)n(C)n1. The number of ether oxygens (including phenoxy) is 1. The van der Waals surface area contributed by atoms with Gasteiger partial charge in [0.15, 0.2) is 5.82 Å². The molecule has 1 amide bonds. The van der Waals surface area contributed by atoms with Crippen LogP contribution in [0.3, 0.4) is 0 Å². The summed E-state index contributed by atoms with van der Waals surface area (Å²) in [6, 6.07) is 7.64. The molecular formula is C18H22N4O2. The number of hydrogen-bond donors (Lipinski definition) is 0. The maximum absolute atomic E-state index is 12.7. The lowest BCUT2D eigenvalue weighted by molar-refractivity contribution is -0.169.